The average Bonchev–Trinajstić information content (AvgIpc) is 2.45. The van der Waals surface area contributed by atoms with Crippen molar-refractivity contribution in [2.45, 2.75) is 45.6 Å². The lowest BCUT2D eigenvalue weighted by Gasteiger charge is -2.21. The molecule has 0 bridgehead atoms. The van der Waals surface area contributed by atoms with Gasteiger partial charge in [-0.05, 0) is 45.1 Å². The number of carbonyl (C=O) groups excluding carboxylic acids is 1. The minimum atomic E-state index is 0.310. The molecule has 1 aliphatic heterocycles. The van der Waals surface area contributed by atoms with Gasteiger partial charge in [0.1, 0.15) is 0 Å². The summed E-state index contributed by atoms with van der Waals surface area (Å²) in [5.74, 6) is 0.310. The molecular weight excluding hydrogens is 162 g/mol. The first-order valence-electron chi connectivity index (χ1n) is 5.22. The van der Waals surface area contributed by atoms with Crippen LogP contribution in [0.2, 0.25) is 0 Å². The zero-order valence-corrected chi connectivity index (χ0v) is 8.47. The van der Waals surface area contributed by atoms with Gasteiger partial charge in [0.15, 0.2) is 0 Å². The number of carbonyl (C=O) groups is 1. The molecule has 0 unspecified atom stereocenters. The quantitative estimate of drug-likeness (QED) is 0.603. The third-order valence-corrected chi connectivity index (χ3v) is 3.09. The van der Waals surface area contributed by atoms with E-state index in [1.807, 2.05) is 4.90 Å². The predicted octanol–water partition coefficient (Wildman–Crippen LogP) is 2.11. The third-order valence-electron chi connectivity index (χ3n) is 3.09. The fourth-order valence-corrected chi connectivity index (χ4v) is 2.27. The maximum atomic E-state index is 11.8. The summed E-state index contributed by atoms with van der Waals surface area (Å²) in [4.78, 5) is 13.8. The normalized spacial score (nSPS) is 23.0. The first-order chi connectivity index (χ1) is 6.20. The molecule has 1 aliphatic carbocycles. The predicted molar refractivity (Wildman–Crippen MR) is 52.3 cm³/mol. The molecule has 2 aliphatic rings. The zero-order valence-electron chi connectivity index (χ0n) is 8.47. The fourth-order valence-electron chi connectivity index (χ4n) is 2.27. The summed E-state index contributed by atoms with van der Waals surface area (Å²) in [7, 11) is 0. The second-order valence-electron chi connectivity index (χ2n) is 4.32. The maximum Gasteiger partial charge on any atom is 0.250 e. The molecule has 0 aromatic carbocycles. The Balaban J connectivity index is 2.19. The molecule has 13 heavy (non-hydrogen) atoms. The number of rotatable bonds is 1. The highest BCUT2D eigenvalue weighted by atomic mass is 16.2. The highest BCUT2D eigenvalue weighted by Crippen LogP contribution is 2.32. The summed E-state index contributed by atoms with van der Waals surface area (Å²) in [5.41, 5.74) is 2.56. The van der Waals surface area contributed by atoms with Crippen LogP contribution in [0.1, 0.15) is 39.5 Å². The largest absolute Gasteiger partial charge is 0.332 e. The van der Waals surface area contributed by atoms with Crippen molar-refractivity contribution in [2.24, 2.45) is 0 Å². The molecule has 2 nitrogen and oxygen atoms in total. The van der Waals surface area contributed by atoms with Crippen LogP contribution >= 0.6 is 0 Å². The van der Waals surface area contributed by atoms with Gasteiger partial charge < -0.3 is 4.90 Å². The SMILES string of the molecule is CC(C)N1CC2=C(CCCC2)C1=O. The van der Waals surface area contributed by atoms with E-state index in [0.29, 0.717) is 11.9 Å². The van der Waals surface area contributed by atoms with Crippen LogP contribution in [-0.4, -0.2) is 23.4 Å². The third kappa shape index (κ3) is 1.38. The molecule has 0 saturated carbocycles. The Kier molecular flexibility index (Phi) is 2.14. The second-order valence-corrected chi connectivity index (χ2v) is 4.32. The Morgan fingerprint density at radius 3 is 2.54 bits per heavy atom. The number of hydrogen-bond donors (Lipinski definition) is 0. The summed E-state index contributed by atoms with van der Waals surface area (Å²) < 4.78 is 0. The van der Waals surface area contributed by atoms with Crippen LogP contribution in [0.25, 0.3) is 0 Å². The molecule has 0 radical (unpaired) electrons. The van der Waals surface area contributed by atoms with E-state index in [9.17, 15) is 4.79 Å². The topological polar surface area (TPSA) is 20.3 Å². The van der Waals surface area contributed by atoms with Gasteiger partial charge in [0.2, 0.25) is 5.91 Å². The maximum absolute atomic E-state index is 11.8. The van der Waals surface area contributed by atoms with Gasteiger partial charge in [-0.2, -0.15) is 0 Å². The molecule has 1 heterocycles. The van der Waals surface area contributed by atoms with Crippen molar-refractivity contribution in [3.05, 3.63) is 11.1 Å². The van der Waals surface area contributed by atoms with E-state index in [2.05, 4.69) is 13.8 Å². The van der Waals surface area contributed by atoms with Crippen LogP contribution in [0.4, 0.5) is 0 Å². The van der Waals surface area contributed by atoms with Gasteiger partial charge in [-0.1, -0.05) is 0 Å². The van der Waals surface area contributed by atoms with E-state index in [-0.39, 0.29) is 0 Å². The minimum Gasteiger partial charge on any atom is -0.332 e. The van der Waals surface area contributed by atoms with E-state index in [4.69, 9.17) is 0 Å². The van der Waals surface area contributed by atoms with Crippen LogP contribution < -0.4 is 0 Å². The van der Waals surface area contributed by atoms with Gasteiger partial charge in [0.05, 0.1) is 0 Å². The van der Waals surface area contributed by atoms with E-state index in [1.165, 1.54) is 18.4 Å². The minimum absolute atomic E-state index is 0.310. The molecule has 0 N–H and O–H groups in total. The monoisotopic (exact) mass is 179 g/mol. The molecule has 0 saturated heterocycles. The van der Waals surface area contributed by atoms with E-state index < -0.39 is 0 Å². The Labute approximate surface area is 79.6 Å². The first kappa shape index (κ1) is 8.79. The van der Waals surface area contributed by atoms with Gasteiger partial charge in [-0.25, -0.2) is 0 Å². The molecule has 0 atom stereocenters. The molecule has 0 fully saturated rings. The van der Waals surface area contributed by atoms with Gasteiger partial charge in [0.25, 0.3) is 0 Å². The van der Waals surface area contributed by atoms with Gasteiger partial charge in [-0.15, -0.1) is 0 Å². The van der Waals surface area contributed by atoms with Crippen molar-refractivity contribution in [1.82, 2.24) is 4.90 Å². The fraction of sp³-hybridized carbons (Fsp3) is 0.727. The summed E-state index contributed by atoms with van der Waals surface area (Å²) >= 11 is 0. The Morgan fingerprint density at radius 1 is 1.23 bits per heavy atom. The lowest BCUT2D eigenvalue weighted by Crippen LogP contribution is -2.33. The van der Waals surface area contributed by atoms with Crippen LogP contribution in [0.5, 0.6) is 0 Å². The van der Waals surface area contributed by atoms with Crippen LogP contribution in [-0.2, 0) is 4.79 Å². The highest BCUT2D eigenvalue weighted by molar-refractivity contribution is 5.97. The van der Waals surface area contributed by atoms with Crippen molar-refractivity contribution in [2.75, 3.05) is 6.54 Å². The van der Waals surface area contributed by atoms with Crippen molar-refractivity contribution in [3.8, 4) is 0 Å². The van der Waals surface area contributed by atoms with Crippen molar-refractivity contribution in [3.63, 3.8) is 0 Å². The lowest BCUT2D eigenvalue weighted by atomic mass is 9.94. The molecule has 1 amide bonds. The first-order valence-corrected chi connectivity index (χ1v) is 5.22. The van der Waals surface area contributed by atoms with Crippen LogP contribution in [0.15, 0.2) is 11.1 Å². The van der Waals surface area contributed by atoms with Crippen molar-refractivity contribution in [1.29, 1.82) is 0 Å². The van der Waals surface area contributed by atoms with E-state index in [0.717, 1.165) is 25.0 Å². The van der Waals surface area contributed by atoms with E-state index >= 15 is 0 Å². The number of amides is 1. The van der Waals surface area contributed by atoms with Crippen LogP contribution in [0.3, 0.4) is 0 Å². The van der Waals surface area contributed by atoms with E-state index in [1.54, 1.807) is 0 Å². The molecule has 0 aromatic heterocycles. The molecule has 2 rings (SSSR count). The highest BCUT2D eigenvalue weighted by Gasteiger charge is 2.32. The Hall–Kier alpha value is -0.790. The van der Waals surface area contributed by atoms with Crippen molar-refractivity contribution >= 4 is 5.91 Å². The second kappa shape index (κ2) is 3.17. The van der Waals surface area contributed by atoms with Crippen LogP contribution in [0, 0.1) is 0 Å². The molecule has 72 valence electrons. The number of nitrogens with zero attached hydrogens (tertiary/aromatic N) is 1. The molecule has 0 aromatic rings. The lowest BCUT2D eigenvalue weighted by molar-refractivity contribution is -0.127. The van der Waals surface area contributed by atoms with Gasteiger partial charge in [0, 0.05) is 18.2 Å². The molecule has 2 heteroatoms. The smallest absolute Gasteiger partial charge is 0.250 e. The Morgan fingerprint density at radius 2 is 1.92 bits per heavy atom. The van der Waals surface area contributed by atoms with Crippen molar-refractivity contribution < 1.29 is 4.79 Å². The Bertz CT molecular complexity index is 265. The molecular formula is C11H17NO. The average molecular weight is 179 g/mol. The summed E-state index contributed by atoms with van der Waals surface area (Å²) in [6.07, 6.45) is 4.66. The number of hydrogen-bond acceptors (Lipinski definition) is 1. The molecule has 0 spiro atoms. The van der Waals surface area contributed by atoms with Gasteiger partial charge in [-0.3, -0.25) is 4.79 Å². The summed E-state index contributed by atoms with van der Waals surface area (Å²) in [5, 5.41) is 0. The van der Waals surface area contributed by atoms with Gasteiger partial charge >= 0.3 is 0 Å². The summed E-state index contributed by atoms with van der Waals surface area (Å²) in [6, 6.07) is 0.359. The summed E-state index contributed by atoms with van der Waals surface area (Å²) in [6.45, 7) is 5.10. The standard InChI is InChI=1S/C11H17NO/c1-8(2)12-7-9-5-3-4-6-10(9)11(12)13/h8H,3-7H2,1-2H3. The zero-order chi connectivity index (χ0) is 9.42.